The summed E-state index contributed by atoms with van der Waals surface area (Å²) < 4.78 is 68.3. The molecule has 2 aromatic rings. The summed E-state index contributed by atoms with van der Waals surface area (Å²) in [6, 6.07) is 2.59. The fourth-order valence-electron chi connectivity index (χ4n) is 4.69. The number of pyridine rings is 2. The number of alkyl halides is 5. The third-order valence-corrected chi connectivity index (χ3v) is 7.14. The predicted octanol–water partition coefficient (Wildman–Crippen LogP) is 4.32. The van der Waals surface area contributed by atoms with Crippen LogP contribution in [-0.4, -0.2) is 53.0 Å². The lowest BCUT2D eigenvalue weighted by atomic mass is 10.0. The van der Waals surface area contributed by atoms with Gasteiger partial charge in [0.1, 0.15) is 11.2 Å². The first-order chi connectivity index (χ1) is 17.3. The van der Waals surface area contributed by atoms with Crippen LogP contribution in [0, 0.1) is 6.92 Å². The van der Waals surface area contributed by atoms with Crippen molar-refractivity contribution < 1.29 is 26.7 Å². The fraction of sp³-hybridized carbons (Fsp3) is 0.560. The molecule has 0 unspecified atom stereocenters. The van der Waals surface area contributed by atoms with Crippen molar-refractivity contribution in [1.82, 2.24) is 19.8 Å². The molecule has 2 fully saturated rings. The summed E-state index contributed by atoms with van der Waals surface area (Å²) in [5.74, 6) is -0.690. The van der Waals surface area contributed by atoms with E-state index in [1.54, 1.807) is 0 Å². The summed E-state index contributed by atoms with van der Waals surface area (Å²) in [6.45, 7) is 4.57. The SMILES string of the molecule is Cc1cc([C@H](C)NC(=O)c2cn(C3(C(F)F)CC3)c(=O)cc2NC2CCN(C)CC2)cc(C(F)(F)F)n1. The van der Waals surface area contributed by atoms with Gasteiger partial charge in [-0.25, -0.2) is 13.8 Å². The summed E-state index contributed by atoms with van der Waals surface area (Å²) in [5, 5.41) is 5.89. The Morgan fingerprint density at radius 2 is 1.81 bits per heavy atom. The zero-order chi connectivity index (χ0) is 27.1. The van der Waals surface area contributed by atoms with Gasteiger partial charge in [0.2, 0.25) is 0 Å². The highest BCUT2D eigenvalue weighted by molar-refractivity contribution is 5.99. The summed E-state index contributed by atoms with van der Waals surface area (Å²) in [4.78, 5) is 31.9. The van der Waals surface area contributed by atoms with E-state index in [4.69, 9.17) is 0 Å². The molecule has 1 aliphatic carbocycles. The van der Waals surface area contributed by atoms with Crippen molar-refractivity contribution in [3.05, 3.63) is 57.3 Å². The lowest BCUT2D eigenvalue weighted by Gasteiger charge is -2.31. The van der Waals surface area contributed by atoms with Crippen LogP contribution < -0.4 is 16.2 Å². The second-order valence-corrected chi connectivity index (χ2v) is 10.1. The zero-order valence-corrected chi connectivity index (χ0v) is 20.8. The van der Waals surface area contributed by atoms with E-state index in [-0.39, 0.29) is 41.4 Å². The number of nitrogens with zero attached hydrogens (tertiary/aromatic N) is 3. The maximum absolute atomic E-state index is 13.8. The van der Waals surface area contributed by atoms with Crippen molar-refractivity contribution in [3.8, 4) is 0 Å². The van der Waals surface area contributed by atoms with Crippen molar-refractivity contribution >= 4 is 11.6 Å². The number of piperidine rings is 1. The standard InChI is InChI=1S/C25H30F5N5O2/c1-14-10-16(11-20(31-14)25(28,29)30)15(2)32-22(37)18-13-35(24(6-7-24)23(26)27)21(36)12-19(18)33-17-4-8-34(3)9-5-17/h10-13,15,17,23,33H,4-9H2,1-3H3,(H,32,37)/t15-/m0/s1. The first-order valence-corrected chi connectivity index (χ1v) is 12.2. The molecular formula is C25H30F5N5O2. The average Bonchev–Trinajstić information content (AvgIpc) is 3.61. The smallest absolute Gasteiger partial charge is 0.381 e. The van der Waals surface area contributed by atoms with E-state index < -0.39 is 41.3 Å². The van der Waals surface area contributed by atoms with Crippen molar-refractivity contribution in [1.29, 1.82) is 0 Å². The van der Waals surface area contributed by atoms with Gasteiger partial charge in [0.25, 0.3) is 17.9 Å². The van der Waals surface area contributed by atoms with Crippen molar-refractivity contribution in [3.63, 3.8) is 0 Å². The van der Waals surface area contributed by atoms with Gasteiger partial charge in [-0.05, 0) is 77.4 Å². The summed E-state index contributed by atoms with van der Waals surface area (Å²) in [7, 11) is 1.99. The first-order valence-electron chi connectivity index (χ1n) is 12.2. The molecule has 1 aliphatic heterocycles. The van der Waals surface area contributed by atoms with E-state index in [9.17, 15) is 31.5 Å². The molecule has 3 heterocycles. The van der Waals surface area contributed by atoms with E-state index in [0.717, 1.165) is 42.8 Å². The topological polar surface area (TPSA) is 79.3 Å². The van der Waals surface area contributed by atoms with Crippen molar-refractivity contribution in [2.45, 2.75) is 69.8 Å². The Hall–Kier alpha value is -3.02. The van der Waals surface area contributed by atoms with Gasteiger partial charge >= 0.3 is 6.18 Å². The van der Waals surface area contributed by atoms with Crippen LogP contribution in [0.15, 0.2) is 29.2 Å². The molecule has 2 N–H and O–H groups in total. The zero-order valence-electron chi connectivity index (χ0n) is 20.8. The van der Waals surface area contributed by atoms with Gasteiger partial charge < -0.3 is 20.1 Å². The number of carbonyl (C=O) groups is 1. The molecule has 0 aromatic carbocycles. The maximum atomic E-state index is 13.8. The Morgan fingerprint density at radius 3 is 2.38 bits per heavy atom. The highest BCUT2D eigenvalue weighted by Crippen LogP contribution is 2.48. The van der Waals surface area contributed by atoms with Gasteiger partial charge in [-0.3, -0.25) is 9.59 Å². The van der Waals surface area contributed by atoms with Gasteiger partial charge in [0, 0.05) is 24.0 Å². The predicted molar refractivity (Wildman–Crippen MR) is 128 cm³/mol. The monoisotopic (exact) mass is 527 g/mol. The van der Waals surface area contributed by atoms with Crippen LogP contribution in [0.2, 0.25) is 0 Å². The molecule has 12 heteroatoms. The maximum Gasteiger partial charge on any atom is 0.433 e. The van der Waals surface area contributed by atoms with Gasteiger partial charge in [-0.1, -0.05) is 0 Å². The summed E-state index contributed by atoms with van der Waals surface area (Å²) >= 11 is 0. The van der Waals surface area contributed by atoms with Crippen molar-refractivity contribution in [2.75, 3.05) is 25.5 Å². The number of hydrogen-bond donors (Lipinski definition) is 2. The molecule has 202 valence electrons. The normalized spacial score (nSPS) is 19.1. The largest absolute Gasteiger partial charge is 0.433 e. The summed E-state index contributed by atoms with van der Waals surface area (Å²) in [6.07, 6.45) is -4.55. The average molecular weight is 528 g/mol. The van der Waals surface area contributed by atoms with Crippen LogP contribution >= 0.6 is 0 Å². The van der Waals surface area contributed by atoms with Crippen LogP contribution in [0.25, 0.3) is 0 Å². The van der Waals surface area contributed by atoms with Crippen molar-refractivity contribution in [2.24, 2.45) is 0 Å². The number of likely N-dealkylation sites (tertiary alicyclic amines) is 1. The van der Waals surface area contributed by atoms with E-state index in [2.05, 4.69) is 20.5 Å². The van der Waals surface area contributed by atoms with Gasteiger partial charge in [-0.2, -0.15) is 13.2 Å². The lowest BCUT2D eigenvalue weighted by molar-refractivity contribution is -0.141. The molecular weight excluding hydrogens is 497 g/mol. The molecule has 2 aromatic heterocycles. The number of amides is 1. The molecule has 4 rings (SSSR count). The van der Waals surface area contributed by atoms with Crippen LogP contribution in [0.3, 0.4) is 0 Å². The Labute approximate surface area is 211 Å². The Kier molecular flexibility index (Phi) is 7.33. The van der Waals surface area contributed by atoms with Crippen LogP contribution in [-0.2, 0) is 11.7 Å². The number of anilines is 1. The molecule has 1 atom stereocenters. The number of halogens is 5. The van der Waals surface area contributed by atoms with Gasteiger partial charge in [-0.15, -0.1) is 0 Å². The van der Waals surface area contributed by atoms with Crippen LogP contribution in [0.1, 0.15) is 66.0 Å². The minimum Gasteiger partial charge on any atom is -0.381 e. The quantitative estimate of drug-likeness (QED) is 0.525. The van der Waals surface area contributed by atoms with E-state index in [0.29, 0.717) is 0 Å². The number of rotatable bonds is 7. The molecule has 0 bridgehead atoms. The van der Waals surface area contributed by atoms with E-state index in [1.807, 2.05) is 7.05 Å². The van der Waals surface area contributed by atoms with Gasteiger partial charge in [0.15, 0.2) is 0 Å². The molecule has 0 radical (unpaired) electrons. The molecule has 0 spiro atoms. The minimum absolute atomic E-state index is 0.0147. The fourth-order valence-corrected chi connectivity index (χ4v) is 4.69. The van der Waals surface area contributed by atoms with E-state index in [1.165, 1.54) is 26.0 Å². The Bertz CT molecular complexity index is 1220. The second-order valence-electron chi connectivity index (χ2n) is 10.1. The number of hydrogen-bond acceptors (Lipinski definition) is 5. The number of nitrogens with one attached hydrogen (secondary N) is 2. The third-order valence-electron chi connectivity index (χ3n) is 7.14. The molecule has 7 nitrogen and oxygen atoms in total. The number of aryl methyl sites for hydroxylation is 1. The molecule has 2 aliphatic rings. The second kappa shape index (κ2) is 10.0. The molecule has 37 heavy (non-hydrogen) atoms. The van der Waals surface area contributed by atoms with Gasteiger partial charge in [0.05, 0.1) is 17.3 Å². The first kappa shape index (κ1) is 27.0. The summed E-state index contributed by atoms with van der Waals surface area (Å²) in [5.41, 5.74) is -2.83. The third kappa shape index (κ3) is 5.78. The van der Waals surface area contributed by atoms with Crippen LogP contribution in [0.5, 0.6) is 0 Å². The molecule has 1 saturated heterocycles. The highest BCUT2D eigenvalue weighted by Gasteiger charge is 2.53. The Balaban J connectivity index is 1.66. The van der Waals surface area contributed by atoms with Crippen LogP contribution in [0.4, 0.5) is 27.6 Å². The minimum atomic E-state index is -4.65. The number of carbonyl (C=O) groups excluding carboxylic acids is 1. The lowest BCUT2D eigenvalue weighted by Crippen LogP contribution is -2.40. The van der Waals surface area contributed by atoms with E-state index >= 15 is 0 Å². The Morgan fingerprint density at radius 1 is 1.16 bits per heavy atom. The highest BCUT2D eigenvalue weighted by atomic mass is 19.4. The number of aromatic nitrogens is 2. The molecule has 1 amide bonds. The molecule has 1 saturated carbocycles.